The van der Waals surface area contributed by atoms with Crippen molar-refractivity contribution < 1.29 is 0 Å². The van der Waals surface area contributed by atoms with E-state index in [1.807, 2.05) is 0 Å². The Morgan fingerprint density at radius 1 is 0.448 bits per heavy atom. The highest BCUT2D eigenvalue weighted by Crippen LogP contribution is 2.57. The second-order valence-electron chi connectivity index (χ2n) is 8.48. The molecule has 0 saturated carbocycles. The van der Waals surface area contributed by atoms with Crippen LogP contribution in [0.15, 0.2) is 84.9 Å². The van der Waals surface area contributed by atoms with Crippen LogP contribution in [0, 0.1) is 27.7 Å². The van der Waals surface area contributed by atoms with Gasteiger partial charge in [-0.25, -0.2) is 0 Å². The summed E-state index contributed by atoms with van der Waals surface area (Å²) in [5.41, 5.74) is 13.3. The standard InChI is InChI=1S/C29H26/c1-19-11-15-23(16-12-19)29(24-17-13-20(2)14-18-24)25-9-5-7-21(3)27(25)28-22(4)8-6-10-26(28)29/h5-18H,1-4H3. The van der Waals surface area contributed by atoms with Gasteiger partial charge in [0.2, 0.25) is 0 Å². The first-order chi connectivity index (χ1) is 14.0. The van der Waals surface area contributed by atoms with Crippen molar-refractivity contribution in [2.24, 2.45) is 0 Å². The van der Waals surface area contributed by atoms with Crippen molar-refractivity contribution in [2.45, 2.75) is 33.1 Å². The minimum absolute atomic E-state index is 0.288. The highest BCUT2D eigenvalue weighted by atomic mass is 14.5. The molecule has 0 bridgehead atoms. The summed E-state index contributed by atoms with van der Waals surface area (Å²) in [4.78, 5) is 0. The van der Waals surface area contributed by atoms with E-state index in [1.54, 1.807) is 0 Å². The average Bonchev–Trinajstić information content (AvgIpc) is 3.03. The molecule has 4 aromatic rings. The lowest BCUT2D eigenvalue weighted by Gasteiger charge is -2.34. The fourth-order valence-corrected chi connectivity index (χ4v) is 5.17. The molecule has 0 radical (unpaired) electrons. The Kier molecular flexibility index (Phi) is 3.99. The predicted octanol–water partition coefficient (Wildman–Crippen LogP) is 7.28. The Morgan fingerprint density at radius 2 is 0.828 bits per heavy atom. The molecule has 0 fully saturated rings. The van der Waals surface area contributed by atoms with E-state index in [-0.39, 0.29) is 5.41 Å². The number of hydrogen-bond acceptors (Lipinski definition) is 0. The molecule has 0 aliphatic heterocycles. The van der Waals surface area contributed by atoms with Crippen LogP contribution in [0.5, 0.6) is 0 Å². The Balaban J connectivity index is 1.99. The zero-order valence-electron chi connectivity index (χ0n) is 17.6. The van der Waals surface area contributed by atoms with E-state index in [0.29, 0.717) is 0 Å². The Bertz CT molecular complexity index is 1110. The maximum atomic E-state index is 2.33. The second-order valence-corrected chi connectivity index (χ2v) is 8.48. The van der Waals surface area contributed by atoms with Crippen LogP contribution in [0.4, 0.5) is 0 Å². The molecule has 0 aromatic heterocycles. The summed E-state index contributed by atoms with van der Waals surface area (Å²) in [5, 5.41) is 0. The molecule has 0 atom stereocenters. The molecule has 5 rings (SSSR count). The summed E-state index contributed by atoms with van der Waals surface area (Å²) in [6, 6.07) is 31.8. The van der Waals surface area contributed by atoms with Crippen molar-refractivity contribution in [3.63, 3.8) is 0 Å². The van der Waals surface area contributed by atoms with Gasteiger partial charge in [-0.2, -0.15) is 0 Å². The summed E-state index contributed by atoms with van der Waals surface area (Å²) in [5.74, 6) is 0. The van der Waals surface area contributed by atoms with E-state index in [4.69, 9.17) is 0 Å². The summed E-state index contributed by atoms with van der Waals surface area (Å²) in [6.45, 7) is 8.81. The second kappa shape index (κ2) is 6.46. The zero-order chi connectivity index (χ0) is 20.2. The average molecular weight is 375 g/mol. The normalized spacial score (nSPS) is 13.8. The summed E-state index contributed by atoms with van der Waals surface area (Å²) in [6.07, 6.45) is 0. The molecule has 0 nitrogen and oxygen atoms in total. The fraction of sp³-hybridized carbons (Fsp3) is 0.172. The van der Waals surface area contributed by atoms with Crippen LogP contribution >= 0.6 is 0 Å². The van der Waals surface area contributed by atoms with Gasteiger partial charge in [0.25, 0.3) is 0 Å². The molecule has 0 N–H and O–H groups in total. The first-order valence-electron chi connectivity index (χ1n) is 10.4. The smallest absolute Gasteiger partial charge is 0.0616 e. The lowest BCUT2D eigenvalue weighted by molar-refractivity contribution is 0.767. The van der Waals surface area contributed by atoms with E-state index in [2.05, 4.69) is 113 Å². The molecule has 4 aromatic carbocycles. The maximum absolute atomic E-state index is 2.33. The number of rotatable bonds is 2. The number of fused-ring (bicyclic) bond motifs is 3. The largest absolute Gasteiger partial charge is 0.0713 e. The van der Waals surface area contributed by atoms with Crippen molar-refractivity contribution in [2.75, 3.05) is 0 Å². The quantitative estimate of drug-likeness (QED) is 0.304. The van der Waals surface area contributed by atoms with E-state index in [1.165, 1.54) is 55.6 Å². The Morgan fingerprint density at radius 3 is 1.21 bits per heavy atom. The lowest BCUT2D eigenvalue weighted by atomic mass is 9.67. The van der Waals surface area contributed by atoms with Crippen molar-refractivity contribution >= 4 is 0 Å². The van der Waals surface area contributed by atoms with Gasteiger partial charge in [0, 0.05) is 0 Å². The molecule has 1 aliphatic rings. The molecule has 0 unspecified atom stereocenters. The van der Waals surface area contributed by atoms with Crippen LogP contribution in [0.2, 0.25) is 0 Å². The van der Waals surface area contributed by atoms with E-state index in [9.17, 15) is 0 Å². The maximum Gasteiger partial charge on any atom is 0.0713 e. The third-order valence-electron chi connectivity index (χ3n) is 6.57. The minimum Gasteiger partial charge on any atom is -0.0616 e. The Hall–Kier alpha value is -3.12. The third-order valence-corrected chi connectivity index (χ3v) is 6.57. The topological polar surface area (TPSA) is 0 Å². The highest BCUT2D eigenvalue weighted by Gasteiger charge is 2.46. The molecule has 1 aliphatic carbocycles. The van der Waals surface area contributed by atoms with Gasteiger partial charge < -0.3 is 0 Å². The van der Waals surface area contributed by atoms with Crippen molar-refractivity contribution in [3.05, 3.63) is 129 Å². The monoisotopic (exact) mass is 374 g/mol. The summed E-state index contributed by atoms with van der Waals surface area (Å²) < 4.78 is 0. The van der Waals surface area contributed by atoms with Crippen LogP contribution in [0.25, 0.3) is 11.1 Å². The van der Waals surface area contributed by atoms with Gasteiger partial charge in [0.15, 0.2) is 0 Å². The van der Waals surface area contributed by atoms with Gasteiger partial charge in [-0.3, -0.25) is 0 Å². The molecule has 0 saturated heterocycles. The molecule has 0 spiro atoms. The van der Waals surface area contributed by atoms with Crippen molar-refractivity contribution in [3.8, 4) is 11.1 Å². The van der Waals surface area contributed by atoms with Gasteiger partial charge in [-0.1, -0.05) is 96.1 Å². The minimum atomic E-state index is -0.288. The van der Waals surface area contributed by atoms with E-state index < -0.39 is 0 Å². The molecule has 142 valence electrons. The molecular formula is C29H26. The fourth-order valence-electron chi connectivity index (χ4n) is 5.17. The van der Waals surface area contributed by atoms with Crippen LogP contribution in [-0.2, 0) is 5.41 Å². The van der Waals surface area contributed by atoms with E-state index >= 15 is 0 Å². The molecule has 0 amide bonds. The van der Waals surface area contributed by atoms with Crippen LogP contribution < -0.4 is 0 Å². The van der Waals surface area contributed by atoms with Gasteiger partial charge in [0.1, 0.15) is 0 Å². The molecular weight excluding hydrogens is 348 g/mol. The third kappa shape index (κ3) is 2.45. The summed E-state index contributed by atoms with van der Waals surface area (Å²) >= 11 is 0. The van der Waals surface area contributed by atoms with Gasteiger partial charge in [-0.15, -0.1) is 0 Å². The van der Waals surface area contributed by atoms with Gasteiger partial charge in [-0.05, 0) is 72.2 Å². The van der Waals surface area contributed by atoms with Crippen LogP contribution in [0.3, 0.4) is 0 Å². The van der Waals surface area contributed by atoms with Crippen molar-refractivity contribution in [1.82, 2.24) is 0 Å². The SMILES string of the molecule is Cc1ccc(C2(c3ccc(C)cc3)c3cccc(C)c3-c3c(C)cccc32)cc1. The van der Waals surface area contributed by atoms with Gasteiger partial charge >= 0.3 is 0 Å². The zero-order valence-corrected chi connectivity index (χ0v) is 17.6. The van der Waals surface area contributed by atoms with Crippen molar-refractivity contribution in [1.29, 1.82) is 0 Å². The Labute approximate surface area is 173 Å². The lowest BCUT2D eigenvalue weighted by Crippen LogP contribution is -2.28. The number of aryl methyl sites for hydroxylation is 4. The van der Waals surface area contributed by atoms with Crippen LogP contribution in [0.1, 0.15) is 44.5 Å². The number of hydrogen-bond donors (Lipinski definition) is 0. The first-order valence-corrected chi connectivity index (χ1v) is 10.4. The molecule has 29 heavy (non-hydrogen) atoms. The summed E-state index contributed by atoms with van der Waals surface area (Å²) in [7, 11) is 0. The van der Waals surface area contributed by atoms with Gasteiger partial charge in [0.05, 0.1) is 5.41 Å². The number of benzene rings is 4. The predicted molar refractivity (Wildman–Crippen MR) is 123 cm³/mol. The molecule has 0 heteroatoms. The van der Waals surface area contributed by atoms with E-state index in [0.717, 1.165) is 0 Å². The first kappa shape index (κ1) is 17.9. The highest BCUT2D eigenvalue weighted by molar-refractivity contribution is 5.89. The molecule has 0 heterocycles. The van der Waals surface area contributed by atoms with Crippen LogP contribution in [-0.4, -0.2) is 0 Å².